The van der Waals surface area contributed by atoms with Gasteiger partial charge in [-0.05, 0) is 18.2 Å². The van der Waals surface area contributed by atoms with Gasteiger partial charge in [-0.25, -0.2) is 0 Å². The Balaban J connectivity index is 2.20. The lowest BCUT2D eigenvalue weighted by atomic mass is 10.1. The first kappa shape index (κ1) is 13.8. The molecule has 2 aromatic rings. The average molecular weight is 293 g/mol. The van der Waals surface area contributed by atoms with Gasteiger partial charge in [0.15, 0.2) is 0 Å². The maximum Gasteiger partial charge on any atom is 0.263 e. The molecule has 2 aromatic carbocycles. The van der Waals surface area contributed by atoms with E-state index >= 15 is 0 Å². The van der Waals surface area contributed by atoms with Crippen molar-refractivity contribution in [2.45, 2.75) is 19.6 Å². The second-order valence-electron chi connectivity index (χ2n) is 6.42. The summed E-state index contributed by atoms with van der Waals surface area (Å²) in [5.41, 5.74) is 6.13. The quantitative estimate of drug-likeness (QED) is 0.743. The number of benzene rings is 2. The molecule has 3 heteroatoms. The zero-order chi connectivity index (χ0) is 15.0. The molecular formula is C18H19NOSi. The van der Waals surface area contributed by atoms with E-state index in [0.29, 0.717) is 0 Å². The maximum absolute atomic E-state index is 12.8. The standard InChI is InChI=1S/C18H19NOSi/c1-21(2,3)13-17-15-11-7-8-12-16(15)18(20)19(17)14-9-5-4-6-10-14/h4-13H,1-3H3/b17-13+. The summed E-state index contributed by atoms with van der Waals surface area (Å²) in [7, 11) is -1.45. The van der Waals surface area contributed by atoms with Crippen molar-refractivity contribution in [3.05, 3.63) is 71.4 Å². The van der Waals surface area contributed by atoms with Crippen LogP contribution in [0.3, 0.4) is 0 Å². The molecule has 106 valence electrons. The van der Waals surface area contributed by atoms with Gasteiger partial charge in [0.25, 0.3) is 5.91 Å². The van der Waals surface area contributed by atoms with Gasteiger partial charge in [-0.1, -0.05) is 61.7 Å². The van der Waals surface area contributed by atoms with E-state index in [1.54, 1.807) is 0 Å². The van der Waals surface area contributed by atoms with Crippen LogP contribution in [0.2, 0.25) is 19.6 Å². The predicted octanol–water partition coefficient (Wildman–Crippen LogP) is 4.57. The van der Waals surface area contributed by atoms with Gasteiger partial charge < -0.3 is 0 Å². The number of carbonyl (C=O) groups excluding carboxylic acids is 1. The molecule has 0 spiro atoms. The average Bonchev–Trinajstić information content (AvgIpc) is 2.72. The topological polar surface area (TPSA) is 20.3 Å². The van der Waals surface area contributed by atoms with E-state index in [-0.39, 0.29) is 5.91 Å². The van der Waals surface area contributed by atoms with Crippen LogP contribution in [0, 0.1) is 0 Å². The smallest absolute Gasteiger partial charge is 0.263 e. The first-order valence-electron chi connectivity index (χ1n) is 7.19. The second-order valence-corrected chi connectivity index (χ2v) is 11.4. The summed E-state index contributed by atoms with van der Waals surface area (Å²) in [5.74, 6) is 0.0706. The number of anilines is 1. The summed E-state index contributed by atoms with van der Waals surface area (Å²) >= 11 is 0. The Morgan fingerprint density at radius 1 is 0.857 bits per heavy atom. The molecule has 0 N–H and O–H groups in total. The molecule has 0 unspecified atom stereocenters. The summed E-state index contributed by atoms with van der Waals surface area (Å²) in [6.45, 7) is 6.86. The molecule has 1 amide bonds. The van der Waals surface area contributed by atoms with Crippen LogP contribution >= 0.6 is 0 Å². The largest absolute Gasteiger partial charge is 0.277 e. The van der Waals surface area contributed by atoms with Gasteiger partial charge in [-0.15, -0.1) is 0 Å². The minimum Gasteiger partial charge on any atom is -0.277 e. The highest BCUT2D eigenvalue weighted by atomic mass is 28.3. The lowest BCUT2D eigenvalue weighted by Gasteiger charge is -2.21. The molecule has 0 saturated heterocycles. The molecular weight excluding hydrogens is 274 g/mol. The minimum atomic E-state index is -1.45. The van der Waals surface area contributed by atoms with Crippen LogP contribution in [0.1, 0.15) is 15.9 Å². The zero-order valence-corrected chi connectivity index (χ0v) is 13.6. The van der Waals surface area contributed by atoms with Crippen molar-refractivity contribution in [2.24, 2.45) is 0 Å². The van der Waals surface area contributed by atoms with Crippen LogP contribution in [0.4, 0.5) is 5.69 Å². The van der Waals surface area contributed by atoms with E-state index < -0.39 is 8.07 Å². The van der Waals surface area contributed by atoms with Crippen LogP contribution < -0.4 is 4.90 Å². The molecule has 0 saturated carbocycles. The van der Waals surface area contributed by atoms with Crippen LogP contribution in [-0.4, -0.2) is 14.0 Å². The molecule has 21 heavy (non-hydrogen) atoms. The highest BCUT2D eigenvalue weighted by Gasteiger charge is 2.33. The minimum absolute atomic E-state index is 0.0706. The van der Waals surface area contributed by atoms with Crippen molar-refractivity contribution in [3.8, 4) is 0 Å². The van der Waals surface area contributed by atoms with Crippen LogP contribution in [-0.2, 0) is 0 Å². The van der Waals surface area contributed by atoms with Crippen LogP contribution in [0.15, 0.2) is 60.3 Å². The Bertz CT molecular complexity index is 713. The van der Waals surface area contributed by atoms with Gasteiger partial charge in [0.2, 0.25) is 0 Å². The molecule has 0 radical (unpaired) electrons. The fourth-order valence-corrected chi connectivity index (χ4v) is 3.73. The van der Waals surface area contributed by atoms with E-state index in [1.807, 2.05) is 59.5 Å². The lowest BCUT2D eigenvalue weighted by Crippen LogP contribution is -2.25. The van der Waals surface area contributed by atoms with E-state index in [1.165, 1.54) is 0 Å². The van der Waals surface area contributed by atoms with Gasteiger partial charge in [-0.2, -0.15) is 0 Å². The number of rotatable bonds is 2. The van der Waals surface area contributed by atoms with Gasteiger partial charge in [0, 0.05) is 22.5 Å². The van der Waals surface area contributed by atoms with E-state index in [2.05, 4.69) is 25.3 Å². The van der Waals surface area contributed by atoms with Gasteiger partial charge in [0.1, 0.15) is 0 Å². The Labute approximate surface area is 126 Å². The number of para-hydroxylation sites is 1. The van der Waals surface area contributed by atoms with Crippen molar-refractivity contribution < 1.29 is 4.79 Å². The van der Waals surface area contributed by atoms with Crippen molar-refractivity contribution in [2.75, 3.05) is 4.90 Å². The summed E-state index contributed by atoms with van der Waals surface area (Å²) < 4.78 is 0. The molecule has 1 aliphatic heterocycles. The molecule has 2 nitrogen and oxygen atoms in total. The first-order valence-corrected chi connectivity index (χ1v) is 10.8. The summed E-state index contributed by atoms with van der Waals surface area (Å²) in [4.78, 5) is 14.6. The lowest BCUT2D eigenvalue weighted by molar-refractivity contribution is 0.101. The molecule has 1 heterocycles. The zero-order valence-electron chi connectivity index (χ0n) is 12.6. The number of fused-ring (bicyclic) bond motifs is 1. The second kappa shape index (κ2) is 5.01. The number of hydrogen-bond donors (Lipinski definition) is 0. The Morgan fingerprint density at radius 3 is 2.05 bits per heavy atom. The third kappa shape index (κ3) is 2.57. The summed E-state index contributed by atoms with van der Waals surface area (Å²) in [6.07, 6.45) is 0. The number of nitrogens with zero attached hydrogens (tertiary/aromatic N) is 1. The van der Waals surface area contributed by atoms with Crippen LogP contribution in [0.25, 0.3) is 5.70 Å². The normalized spacial score (nSPS) is 16.4. The Hall–Kier alpha value is -2.13. The number of hydrogen-bond acceptors (Lipinski definition) is 1. The Morgan fingerprint density at radius 2 is 1.43 bits per heavy atom. The monoisotopic (exact) mass is 293 g/mol. The van der Waals surface area contributed by atoms with Crippen molar-refractivity contribution in [3.63, 3.8) is 0 Å². The first-order chi connectivity index (χ1) is 9.97. The molecule has 0 bridgehead atoms. The Kier molecular flexibility index (Phi) is 3.30. The molecule has 1 aliphatic rings. The van der Waals surface area contributed by atoms with Gasteiger partial charge in [0.05, 0.1) is 8.07 Å². The van der Waals surface area contributed by atoms with Crippen molar-refractivity contribution in [1.82, 2.24) is 0 Å². The number of amides is 1. The fourth-order valence-electron chi connectivity index (χ4n) is 2.63. The SMILES string of the molecule is C[Si](C)(C)/C=C1\c2ccccc2C(=O)N1c1ccccc1. The molecule has 0 fully saturated rings. The molecule has 0 aromatic heterocycles. The fraction of sp³-hybridized carbons (Fsp3) is 0.167. The van der Waals surface area contributed by atoms with Gasteiger partial charge in [-0.3, -0.25) is 9.69 Å². The van der Waals surface area contributed by atoms with Gasteiger partial charge >= 0.3 is 0 Å². The predicted molar refractivity (Wildman–Crippen MR) is 91.0 cm³/mol. The van der Waals surface area contributed by atoms with Crippen molar-refractivity contribution in [1.29, 1.82) is 0 Å². The van der Waals surface area contributed by atoms with E-state index in [9.17, 15) is 4.79 Å². The summed E-state index contributed by atoms with van der Waals surface area (Å²) in [5, 5.41) is 0. The third-order valence-electron chi connectivity index (χ3n) is 3.46. The highest BCUT2D eigenvalue weighted by Crippen LogP contribution is 2.37. The number of carbonyl (C=O) groups is 1. The van der Waals surface area contributed by atoms with E-state index in [4.69, 9.17) is 0 Å². The third-order valence-corrected chi connectivity index (χ3v) is 4.60. The maximum atomic E-state index is 12.8. The highest BCUT2D eigenvalue weighted by molar-refractivity contribution is 6.82. The molecule has 0 aliphatic carbocycles. The molecule has 0 atom stereocenters. The van der Waals surface area contributed by atoms with Crippen molar-refractivity contribution >= 4 is 25.4 Å². The van der Waals surface area contributed by atoms with E-state index in [0.717, 1.165) is 22.5 Å². The molecule has 3 rings (SSSR count). The van der Waals surface area contributed by atoms with Crippen LogP contribution in [0.5, 0.6) is 0 Å². The summed E-state index contributed by atoms with van der Waals surface area (Å²) in [6, 6.07) is 17.8.